The fraction of sp³-hybridized carbons (Fsp3) is 0.292. The Morgan fingerprint density at radius 3 is 2.63 bits per heavy atom. The third kappa shape index (κ3) is 6.35. The second-order valence-corrected chi connectivity index (χ2v) is 10.8. The molecule has 0 saturated carbocycles. The third-order valence-corrected chi connectivity index (χ3v) is 7.78. The number of benzene rings is 1. The van der Waals surface area contributed by atoms with Crippen molar-refractivity contribution < 1.29 is 13.2 Å². The van der Waals surface area contributed by atoms with E-state index in [0.29, 0.717) is 22.0 Å². The molecule has 180 valence electrons. The minimum Gasteiger partial charge on any atom is -0.325 e. The summed E-state index contributed by atoms with van der Waals surface area (Å²) >= 11 is 1.22. The Morgan fingerprint density at radius 2 is 1.89 bits per heavy atom. The minimum absolute atomic E-state index is 0.0115. The van der Waals surface area contributed by atoms with Gasteiger partial charge in [0.1, 0.15) is 11.1 Å². The van der Waals surface area contributed by atoms with Gasteiger partial charge in [0, 0.05) is 23.3 Å². The molecule has 4 rings (SSSR count). The van der Waals surface area contributed by atoms with Gasteiger partial charge >= 0.3 is 0 Å². The zero-order valence-electron chi connectivity index (χ0n) is 19.1. The van der Waals surface area contributed by atoms with Crippen LogP contribution < -0.4 is 10.0 Å². The van der Waals surface area contributed by atoms with Crippen LogP contribution in [-0.2, 0) is 27.7 Å². The normalized spacial score (nSPS) is 13.3. The molecule has 11 heteroatoms. The van der Waals surface area contributed by atoms with Gasteiger partial charge in [0.25, 0.3) is 10.0 Å². The highest BCUT2D eigenvalue weighted by molar-refractivity contribution is 8.00. The standard InChI is InChI=1S/C24H24N6O3S2/c1-16-11-12-26-24(27-16)30-35(32,33)20-9-7-19(8-10-20)28-22(31)15-34-23-18(14-25)13-17-5-3-2-4-6-21(17)29-23/h7-13H,2-6,15H2,1H3,(H,28,31)(H,26,27,30). The van der Waals surface area contributed by atoms with Crippen LogP contribution in [-0.4, -0.2) is 35.0 Å². The number of rotatable bonds is 7. The molecule has 2 aromatic heterocycles. The third-order valence-electron chi connectivity index (χ3n) is 5.45. The number of hydrogen-bond acceptors (Lipinski definition) is 8. The Kier molecular flexibility index (Phi) is 7.63. The van der Waals surface area contributed by atoms with Crippen molar-refractivity contribution in [1.82, 2.24) is 15.0 Å². The zero-order valence-corrected chi connectivity index (χ0v) is 20.7. The van der Waals surface area contributed by atoms with Crippen LogP contribution in [0.4, 0.5) is 11.6 Å². The molecular weight excluding hydrogens is 484 g/mol. The molecule has 0 unspecified atom stereocenters. The lowest BCUT2D eigenvalue weighted by Crippen LogP contribution is -2.16. The number of aryl methyl sites for hydroxylation is 3. The van der Waals surface area contributed by atoms with Gasteiger partial charge in [-0.1, -0.05) is 18.2 Å². The molecule has 3 aromatic rings. The number of anilines is 2. The van der Waals surface area contributed by atoms with Gasteiger partial charge in [-0.3, -0.25) is 4.79 Å². The van der Waals surface area contributed by atoms with Crippen molar-refractivity contribution >= 4 is 39.3 Å². The molecule has 2 N–H and O–H groups in total. The van der Waals surface area contributed by atoms with E-state index in [0.717, 1.165) is 43.4 Å². The van der Waals surface area contributed by atoms with Crippen LogP contribution in [0.2, 0.25) is 0 Å². The lowest BCUT2D eigenvalue weighted by atomic mass is 10.1. The average molecular weight is 509 g/mol. The highest BCUT2D eigenvalue weighted by Crippen LogP contribution is 2.27. The van der Waals surface area contributed by atoms with Crippen molar-refractivity contribution in [2.75, 3.05) is 15.8 Å². The monoisotopic (exact) mass is 508 g/mol. The van der Waals surface area contributed by atoms with E-state index in [1.54, 1.807) is 13.0 Å². The first-order valence-electron chi connectivity index (χ1n) is 11.1. The van der Waals surface area contributed by atoms with Gasteiger partial charge in [-0.15, -0.1) is 0 Å². The van der Waals surface area contributed by atoms with E-state index in [1.807, 2.05) is 6.07 Å². The number of aromatic nitrogens is 3. The Morgan fingerprint density at radius 1 is 1.11 bits per heavy atom. The second-order valence-electron chi connectivity index (χ2n) is 8.11. The van der Waals surface area contributed by atoms with Crippen molar-refractivity contribution in [3.63, 3.8) is 0 Å². The first-order valence-corrected chi connectivity index (χ1v) is 13.6. The molecule has 0 spiro atoms. The molecule has 0 fully saturated rings. The molecule has 0 radical (unpaired) electrons. The van der Waals surface area contributed by atoms with Crippen molar-refractivity contribution in [2.24, 2.45) is 0 Å². The van der Waals surface area contributed by atoms with E-state index in [-0.39, 0.29) is 22.5 Å². The number of nitrogens with one attached hydrogen (secondary N) is 2. The number of sulfonamides is 1. The summed E-state index contributed by atoms with van der Waals surface area (Å²) in [5.41, 5.74) is 3.73. The zero-order chi connectivity index (χ0) is 24.8. The molecule has 0 atom stereocenters. The summed E-state index contributed by atoms with van der Waals surface area (Å²) in [7, 11) is -3.87. The highest BCUT2D eigenvalue weighted by Gasteiger charge is 2.17. The van der Waals surface area contributed by atoms with Crippen LogP contribution in [0.25, 0.3) is 0 Å². The predicted octanol–water partition coefficient (Wildman–Crippen LogP) is 3.85. The molecule has 0 saturated heterocycles. The van der Waals surface area contributed by atoms with Crippen LogP contribution in [0.5, 0.6) is 0 Å². The van der Waals surface area contributed by atoms with E-state index in [1.165, 1.54) is 42.2 Å². The fourth-order valence-electron chi connectivity index (χ4n) is 3.71. The van der Waals surface area contributed by atoms with E-state index in [9.17, 15) is 18.5 Å². The van der Waals surface area contributed by atoms with E-state index in [4.69, 9.17) is 0 Å². The maximum Gasteiger partial charge on any atom is 0.264 e. The summed E-state index contributed by atoms with van der Waals surface area (Å²) in [6.07, 6.45) is 6.62. The van der Waals surface area contributed by atoms with Crippen LogP contribution in [0.15, 0.2) is 52.5 Å². The lowest BCUT2D eigenvalue weighted by Gasteiger charge is -2.11. The predicted molar refractivity (Wildman–Crippen MR) is 134 cm³/mol. The maximum absolute atomic E-state index is 12.6. The second kappa shape index (κ2) is 10.8. The Hall–Kier alpha value is -3.49. The van der Waals surface area contributed by atoms with Gasteiger partial charge in [-0.05, 0) is 74.6 Å². The summed E-state index contributed by atoms with van der Waals surface area (Å²) in [6, 6.07) is 11.6. The number of nitriles is 1. The number of fused-ring (bicyclic) bond motifs is 1. The van der Waals surface area contributed by atoms with Crippen molar-refractivity contribution in [1.29, 1.82) is 5.26 Å². The molecule has 0 bridgehead atoms. The molecule has 2 heterocycles. The fourth-order valence-corrected chi connectivity index (χ4v) is 5.43. The maximum atomic E-state index is 12.6. The van der Waals surface area contributed by atoms with E-state index >= 15 is 0 Å². The van der Waals surface area contributed by atoms with Crippen LogP contribution in [0.1, 0.15) is 41.8 Å². The number of nitrogens with zero attached hydrogens (tertiary/aromatic N) is 4. The van der Waals surface area contributed by atoms with Gasteiger partial charge < -0.3 is 5.32 Å². The topological polar surface area (TPSA) is 138 Å². The number of thioether (sulfide) groups is 1. The molecule has 1 aliphatic rings. The van der Waals surface area contributed by atoms with Crippen LogP contribution in [0, 0.1) is 18.3 Å². The Bertz CT molecular complexity index is 1390. The van der Waals surface area contributed by atoms with Crippen molar-refractivity contribution in [2.45, 2.75) is 48.9 Å². The highest BCUT2D eigenvalue weighted by atomic mass is 32.2. The number of amides is 1. The molecule has 9 nitrogen and oxygen atoms in total. The van der Waals surface area contributed by atoms with Gasteiger partial charge in [0.15, 0.2) is 0 Å². The molecule has 0 aliphatic heterocycles. The largest absolute Gasteiger partial charge is 0.325 e. The summed E-state index contributed by atoms with van der Waals surface area (Å²) in [5.74, 6) is -0.215. The summed E-state index contributed by atoms with van der Waals surface area (Å²) in [5, 5.41) is 12.8. The summed E-state index contributed by atoms with van der Waals surface area (Å²) in [6.45, 7) is 1.74. The van der Waals surface area contributed by atoms with Gasteiger partial charge in [0.2, 0.25) is 11.9 Å². The summed E-state index contributed by atoms with van der Waals surface area (Å²) in [4.78, 5) is 25.1. The molecular formula is C24H24N6O3S2. The smallest absolute Gasteiger partial charge is 0.264 e. The average Bonchev–Trinajstić information content (AvgIpc) is 3.07. The number of carbonyl (C=O) groups excluding carboxylic acids is 1. The molecule has 1 aromatic carbocycles. The van der Waals surface area contributed by atoms with Gasteiger partial charge in [-0.25, -0.2) is 28.1 Å². The molecule has 35 heavy (non-hydrogen) atoms. The number of pyridine rings is 1. The Balaban J connectivity index is 1.38. The van der Waals surface area contributed by atoms with E-state index in [2.05, 4.69) is 31.1 Å². The first kappa shape index (κ1) is 24.6. The van der Waals surface area contributed by atoms with E-state index < -0.39 is 10.0 Å². The lowest BCUT2D eigenvalue weighted by molar-refractivity contribution is -0.113. The number of carbonyl (C=O) groups is 1. The molecule has 1 aliphatic carbocycles. The minimum atomic E-state index is -3.87. The van der Waals surface area contributed by atoms with Crippen molar-refractivity contribution in [3.05, 3.63) is 65.1 Å². The first-order chi connectivity index (χ1) is 16.8. The Labute approximate surface area is 208 Å². The van der Waals surface area contributed by atoms with Crippen LogP contribution in [0.3, 0.4) is 0 Å². The molecule has 1 amide bonds. The SMILES string of the molecule is Cc1ccnc(NS(=O)(=O)c2ccc(NC(=O)CSc3nc4c(cc3C#N)CCCCC4)cc2)n1. The van der Waals surface area contributed by atoms with Gasteiger partial charge in [-0.2, -0.15) is 5.26 Å². The quantitative estimate of drug-likeness (QED) is 0.363. The van der Waals surface area contributed by atoms with Crippen LogP contribution >= 0.6 is 11.8 Å². The van der Waals surface area contributed by atoms with Crippen molar-refractivity contribution in [3.8, 4) is 6.07 Å². The summed E-state index contributed by atoms with van der Waals surface area (Å²) < 4.78 is 27.5. The number of hydrogen-bond donors (Lipinski definition) is 2. The van der Waals surface area contributed by atoms with Gasteiger partial charge in [0.05, 0.1) is 16.2 Å².